The van der Waals surface area contributed by atoms with Gasteiger partial charge in [-0.2, -0.15) is 0 Å². The van der Waals surface area contributed by atoms with E-state index in [4.69, 9.17) is 0 Å². The van der Waals surface area contributed by atoms with Crippen LogP contribution < -0.4 is 5.32 Å². The van der Waals surface area contributed by atoms with Crippen molar-refractivity contribution in [3.63, 3.8) is 0 Å². The minimum atomic E-state index is -0.108. The van der Waals surface area contributed by atoms with E-state index in [1.165, 1.54) is 5.56 Å². The van der Waals surface area contributed by atoms with Gasteiger partial charge < -0.3 is 5.32 Å². The third kappa shape index (κ3) is 3.27. The Bertz CT molecular complexity index is 372. The van der Waals surface area contributed by atoms with Gasteiger partial charge in [-0.3, -0.25) is 4.90 Å². The molecule has 2 nitrogen and oxygen atoms in total. The third-order valence-electron chi connectivity index (χ3n) is 3.53. The number of benzene rings is 1. The van der Waals surface area contributed by atoms with Crippen molar-refractivity contribution in [2.45, 2.75) is 26.3 Å². The first kappa shape index (κ1) is 12.5. The first-order valence-corrected chi connectivity index (χ1v) is 6.36. The number of rotatable bonds is 3. The quantitative estimate of drug-likeness (QED) is 0.863. The zero-order valence-corrected chi connectivity index (χ0v) is 10.7. The lowest BCUT2D eigenvalue weighted by atomic mass is 10.0. The van der Waals surface area contributed by atoms with E-state index in [0.29, 0.717) is 6.04 Å². The first-order valence-electron chi connectivity index (χ1n) is 6.36. The topological polar surface area (TPSA) is 15.3 Å². The van der Waals surface area contributed by atoms with Crippen molar-refractivity contribution in [2.75, 3.05) is 26.2 Å². The van der Waals surface area contributed by atoms with E-state index in [1.54, 1.807) is 6.07 Å². The lowest BCUT2D eigenvalue weighted by Gasteiger charge is -2.32. The fourth-order valence-corrected chi connectivity index (χ4v) is 2.43. The van der Waals surface area contributed by atoms with Crippen LogP contribution in [0.15, 0.2) is 18.2 Å². The molecule has 1 unspecified atom stereocenters. The lowest BCUT2D eigenvalue weighted by Crippen LogP contribution is -2.48. The van der Waals surface area contributed by atoms with Crippen LogP contribution in [-0.2, 0) is 6.42 Å². The van der Waals surface area contributed by atoms with Crippen molar-refractivity contribution in [2.24, 2.45) is 0 Å². The number of nitrogens with one attached hydrogen (secondary N) is 1. The van der Waals surface area contributed by atoms with Crippen LogP contribution in [0.4, 0.5) is 4.39 Å². The van der Waals surface area contributed by atoms with E-state index >= 15 is 0 Å². The predicted octanol–water partition coefficient (Wildman–Crippen LogP) is 1.97. The maximum atomic E-state index is 13.2. The molecule has 1 fully saturated rings. The minimum absolute atomic E-state index is 0.108. The maximum absolute atomic E-state index is 13.2. The summed E-state index contributed by atoms with van der Waals surface area (Å²) in [6.45, 7) is 8.46. The van der Waals surface area contributed by atoms with Gasteiger partial charge in [0.25, 0.3) is 0 Å². The lowest BCUT2D eigenvalue weighted by molar-refractivity contribution is 0.183. The normalized spacial score (nSPS) is 19.2. The Morgan fingerprint density at radius 2 is 2.06 bits per heavy atom. The summed E-state index contributed by atoms with van der Waals surface area (Å²) in [5.74, 6) is -0.108. The fourth-order valence-electron chi connectivity index (χ4n) is 2.43. The Morgan fingerprint density at radius 3 is 2.71 bits per heavy atom. The molecule has 0 saturated carbocycles. The van der Waals surface area contributed by atoms with Crippen LogP contribution in [0.25, 0.3) is 0 Å². The molecular formula is C14H21FN2. The molecule has 17 heavy (non-hydrogen) atoms. The van der Waals surface area contributed by atoms with Crippen LogP contribution in [0, 0.1) is 12.7 Å². The van der Waals surface area contributed by atoms with Gasteiger partial charge >= 0.3 is 0 Å². The van der Waals surface area contributed by atoms with E-state index in [0.717, 1.165) is 38.2 Å². The summed E-state index contributed by atoms with van der Waals surface area (Å²) in [4.78, 5) is 2.50. The zero-order chi connectivity index (χ0) is 12.3. The Labute approximate surface area is 103 Å². The molecule has 0 aliphatic carbocycles. The number of aryl methyl sites for hydroxylation is 1. The van der Waals surface area contributed by atoms with E-state index in [2.05, 4.69) is 17.1 Å². The molecule has 1 heterocycles. The Morgan fingerprint density at radius 1 is 1.35 bits per heavy atom. The number of hydrogen-bond acceptors (Lipinski definition) is 2. The van der Waals surface area contributed by atoms with E-state index in [-0.39, 0.29) is 5.82 Å². The number of halogens is 1. The van der Waals surface area contributed by atoms with Gasteiger partial charge in [-0.15, -0.1) is 0 Å². The van der Waals surface area contributed by atoms with Gasteiger partial charge in [0.05, 0.1) is 0 Å². The highest BCUT2D eigenvalue weighted by molar-refractivity contribution is 5.24. The largest absolute Gasteiger partial charge is 0.314 e. The molecule has 1 saturated heterocycles. The fraction of sp³-hybridized carbons (Fsp3) is 0.571. The van der Waals surface area contributed by atoms with Crippen LogP contribution >= 0.6 is 0 Å². The summed E-state index contributed by atoms with van der Waals surface area (Å²) in [5, 5.41) is 3.36. The van der Waals surface area contributed by atoms with Crippen molar-refractivity contribution in [3.8, 4) is 0 Å². The second-order valence-corrected chi connectivity index (χ2v) is 4.92. The van der Waals surface area contributed by atoms with Gasteiger partial charge in [0.15, 0.2) is 0 Å². The molecule has 94 valence electrons. The van der Waals surface area contributed by atoms with Crippen molar-refractivity contribution in [3.05, 3.63) is 35.1 Å². The molecular weight excluding hydrogens is 215 g/mol. The van der Waals surface area contributed by atoms with Crippen LogP contribution in [0.2, 0.25) is 0 Å². The average molecular weight is 236 g/mol. The summed E-state index contributed by atoms with van der Waals surface area (Å²) in [6, 6.07) is 5.98. The highest BCUT2D eigenvalue weighted by Gasteiger charge is 2.16. The monoisotopic (exact) mass is 236 g/mol. The van der Waals surface area contributed by atoms with Gasteiger partial charge in [0, 0.05) is 32.2 Å². The molecule has 0 bridgehead atoms. The van der Waals surface area contributed by atoms with E-state index < -0.39 is 0 Å². The standard InChI is InChI=1S/C14H21FN2/c1-11-9-13(3-4-14(11)15)10-12(2)17-7-5-16-6-8-17/h3-4,9,12,16H,5-8,10H2,1-2H3. The molecule has 1 aliphatic heterocycles. The predicted molar refractivity (Wildman–Crippen MR) is 68.7 cm³/mol. The Hall–Kier alpha value is -0.930. The first-order chi connectivity index (χ1) is 8.16. The SMILES string of the molecule is Cc1cc(CC(C)N2CCNCC2)ccc1F. The highest BCUT2D eigenvalue weighted by Crippen LogP contribution is 2.13. The summed E-state index contributed by atoms with van der Waals surface area (Å²) < 4.78 is 13.2. The highest BCUT2D eigenvalue weighted by atomic mass is 19.1. The summed E-state index contributed by atoms with van der Waals surface area (Å²) >= 11 is 0. The summed E-state index contributed by atoms with van der Waals surface area (Å²) in [5.41, 5.74) is 1.98. The van der Waals surface area contributed by atoms with Crippen LogP contribution in [0.1, 0.15) is 18.1 Å². The van der Waals surface area contributed by atoms with Gasteiger partial charge in [0.2, 0.25) is 0 Å². The number of nitrogens with zero attached hydrogens (tertiary/aromatic N) is 1. The van der Waals surface area contributed by atoms with Crippen LogP contribution in [-0.4, -0.2) is 37.1 Å². The molecule has 0 aromatic heterocycles. The van der Waals surface area contributed by atoms with Crippen molar-refractivity contribution in [1.29, 1.82) is 0 Å². The Kier molecular flexibility index (Phi) is 4.13. The molecule has 1 atom stereocenters. The maximum Gasteiger partial charge on any atom is 0.126 e. The number of hydrogen-bond donors (Lipinski definition) is 1. The third-order valence-corrected chi connectivity index (χ3v) is 3.53. The second-order valence-electron chi connectivity index (χ2n) is 4.92. The van der Waals surface area contributed by atoms with Crippen molar-refractivity contribution < 1.29 is 4.39 Å². The smallest absolute Gasteiger partial charge is 0.126 e. The molecule has 0 spiro atoms. The van der Waals surface area contributed by atoms with Crippen LogP contribution in [0.5, 0.6) is 0 Å². The molecule has 0 amide bonds. The van der Waals surface area contributed by atoms with Crippen LogP contribution in [0.3, 0.4) is 0 Å². The van der Waals surface area contributed by atoms with Gasteiger partial charge in [-0.25, -0.2) is 4.39 Å². The Balaban J connectivity index is 1.96. The summed E-state index contributed by atoms with van der Waals surface area (Å²) in [6.07, 6.45) is 1.00. The molecule has 2 rings (SSSR count). The second kappa shape index (κ2) is 5.61. The molecule has 0 radical (unpaired) electrons. The van der Waals surface area contributed by atoms with E-state index in [1.807, 2.05) is 19.1 Å². The van der Waals surface area contributed by atoms with Gasteiger partial charge in [-0.05, 0) is 37.5 Å². The number of piperazine rings is 1. The minimum Gasteiger partial charge on any atom is -0.314 e. The molecule has 1 aromatic carbocycles. The summed E-state index contributed by atoms with van der Waals surface area (Å²) in [7, 11) is 0. The molecule has 1 aliphatic rings. The van der Waals surface area contributed by atoms with Crippen molar-refractivity contribution >= 4 is 0 Å². The molecule has 1 N–H and O–H groups in total. The zero-order valence-electron chi connectivity index (χ0n) is 10.7. The van der Waals surface area contributed by atoms with Gasteiger partial charge in [0.1, 0.15) is 5.82 Å². The molecule has 1 aromatic rings. The molecule has 3 heteroatoms. The van der Waals surface area contributed by atoms with E-state index in [9.17, 15) is 4.39 Å². The average Bonchev–Trinajstić information content (AvgIpc) is 2.35. The van der Waals surface area contributed by atoms with Gasteiger partial charge in [-0.1, -0.05) is 12.1 Å². The van der Waals surface area contributed by atoms with Crippen molar-refractivity contribution in [1.82, 2.24) is 10.2 Å².